The summed E-state index contributed by atoms with van der Waals surface area (Å²) in [5.41, 5.74) is 6.34. The molecule has 0 spiro atoms. The molecule has 1 aromatic carbocycles. The summed E-state index contributed by atoms with van der Waals surface area (Å²) in [6.07, 6.45) is 0.466. The Labute approximate surface area is 124 Å². The number of rotatable bonds is 6. The van der Waals surface area contributed by atoms with E-state index in [1.165, 1.54) is 7.11 Å². The zero-order chi connectivity index (χ0) is 15.2. The predicted octanol–water partition coefficient (Wildman–Crippen LogP) is 0.272. The molecular weight excluding hydrogens is 270 g/mol. The maximum Gasteiger partial charge on any atom is 0.249 e. The molecule has 2 amide bonds. The van der Waals surface area contributed by atoms with Gasteiger partial charge in [-0.2, -0.15) is 0 Å². The van der Waals surface area contributed by atoms with E-state index in [0.717, 1.165) is 5.69 Å². The molecule has 1 fully saturated rings. The fraction of sp³-hybridized carbons (Fsp3) is 0.467. The molecule has 114 valence electrons. The van der Waals surface area contributed by atoms with Crippen LogP contribution >= 0.6 is 0 Å². The first-order valence-corrected chi connectivity index (χ1v) is 7.04. The van der Waals surface area contributed by atoms with Crippen LogP contribution in [-0.4, -0.2) is 44.2 Å². The molecule has 0 aromatic heterocycles. The standard InChI is InChI=1S/C15H21N3O3/c1-21-12(10-16)9-14(19)17-13-7-8-18(15(13)20)11-5-3-2-4-6-11/h2-6,12-13H,7-10,16H2,1H3,(H,17,19). The molecule has 6 nitrogen and oxygen atoms in total. The summed E-state index contributed by atoms with van der Waals surface area (Å²) in [5, 5.41) is 2.76. The number of hydrogen-bond acceptors (Lipinski definition) is 4. The number of ether oxygens (including phenoxy) is 1. The first-order valence-electron chi connectivity index (χ1n) is 7.04. The van der Waals surface area contributed by atoms with E-state index in [2.05, 4.69) is 5.32 Å². The normalized spacial score (nSPS) is 19.6. The second-order valence-corrected chi connectivity index (χ2v) is 5.03. The molecular formula is C15H21N3O3. The van der Waals surface area contributed by atoms with Gasteiger partial charge in [0.05, 0.1) is 12.5 Å². The number of nitrogens with two attached hydrogens (primary N) is 1. The van der Waals surface area contributed by atoms with Gasteiger partial charge < -0.3 is 20.7 Å². The first kappa shape index (κ1) is 15.5. The number of carbonyl (C=O) groups is 2. The van der Waals surface area contributed by atoms with E-state index in [-0.39, 0.29) is 30.9 Å². The van der Waals surface area contributed by atoms with Crippen molar-refractivity contribution in [1.82, 2.24) is 5.32 Å². The quantitative estimate of drug-likeness (QED) is 0.788. The van der Waals surface area contributed by atoms with E-state index in [1.54, 1.807) is 4.90 Å². The van der Waals surface area contributed by atoms with E-state index in [1.807, 2.05) is 30.3 Å². The van der Waals surface area contributed by atoms with Gasteiger partial charge in [-0.05, 0) is 18.6 Å². The maximum atomic E-state index is 12.3. The zero-order valence-corrected chi connectivity index (χ0v) is 12.1. The lowest BCUT2D eigenvalue weighted by atomic mass is 10.2. The van der Waals surface area contributed by atoms with Crippen molar-refractivity contribution in [1.29, 1.82) is 0 Å². The Balaban J connectivity index is 1.92. The number of benzene rings is 1. The molecule has 0 bridgehead atoms. The Morgan fingerprint density at radius 1 is 1.48 bits per heavy atom. The van der Waals surface area contributed by atoms with Gasteiger partial charge in [-0.1, -0.05) is 18.2 Å². The van der Waals surface area contributed by atoms with E-state index < -0.39 is 6.04 Å². The molecule has 21 heavy (non-hydrogen) atoms. The van der Waals surface area contributed by atoms with Gasteiger partial charge >= 0.3 is 0 Å². The third-order valence-electron chi connectivity index (χ3n) is 3.62. The Morgan fingerprint density at radius 3 is 2.81 bits per heavy atom. The fourth-order valence-electron chi connectivity index (χ4n) is 2.40. The van der Waals surface area contributed by atoms with E-state index in [9.17, 15) is 9.59 Å². The van der Waals surface area contributed by atoms with Crippen LogP contribution in [0.1, 0.15) is 12.8 Å². The highest BCUT2D eigenvalue weighted by Crippen LogP contribution is 2.21. The third-order valence-corrected chi connectivity index (χ3v) is 3.62. The van der Waals surface area contributed by atoms with E-state index in [0.29, 0.717) is 13.0 Å². The molecule has 0 saturated carbocycles. The summed E-state index contributed by atoms with van der Waals surface area (Å²) in [6.45, 7) is 0.886. The van der Waals surface area contributed by atoms with Crippen molar-refractivity contribution in [3.05, 3.63) is 30.3 Å². The van der Waals surface area contributed by atoms with Gasteiger partial charge in [0.15, 0.2) is 0 Å². The van der Waals surface area contributed by atoms with Crippen LogP contribution in [-0.2, 0) is 14.3 Å². The van der Waals surface area contributed by atoms with Crippen LogP contribution in [0.5, 0.6) is 0 Å². The van der Waals surface area contributed by atoms with Gasteiger partial charge in [0, 0.05) is 25.9 Å². The van der Waals surface area contributed by atoms with Crippen molar-refractivity contribution in [2.24, 2.45) is 5.73 Å². The van der Waals surface area contributed by atoms with Crippen LogP contribution in [0.2, 0.25) is 0 Å². The molecule has 2 atom stereocenters. The predicted molar refractivity (Wildman–Crippen MR) is 79.8 cm³/mol. The van der Waals surface area contributed by atoms with Gasteiger partial charge in [0.1, 0.15) is 6.04 Å². The summed E-state index contributed by atoms with van der Waals surface area (Å²) in [5.74, 6) is -0.281. The monoisotopic (exact) mass is 291 g/mol. The Kier molecular flexibility index (Phi) is 5.30. The van der Waals surface area contributed by atoms with Gasteiger partial charge in [0.2, 0.25) is 11.8 Å². The number of carbonyl (C=O) groups excluding carboxylic acids is 2. The van der Waals surface area contributed by atoms with Crippen LogP contribution in [0, 0.1) is 0 Å². The minimum Gasteiger partial charge on any atom is -0.380 e. The van der Waals surface area contributed by atoms with Crippen molar-refractivity contribution in [3.8, 4) is 0 Å². The second kappa shape index (κ2) is 7.19. The van der Waals surface area contributed by atoms with Crippen molar-refractivity contribution >= 4 is 17.5 Å². The smallest absolute Gasteiger partial charge is 0.249 e. The lowest BCUT2D eigenvalue weighted by molar-refractivity contribution is -0.128. The third kappa shape index (κ3) is 3.80. The number of amides is 2. The number of anilines is 1. The maximum absolute atomic E-state index is 12.3. The van der Waals surface area contributed by atoms with Gasteiger partial charge in [-0.25, -0.2) is 0 Å². The Hall–Kier alpha value is -1.92. The zero-order valence-electron chi connectivity index (χ0n) is 12.1. The SMILES string of the molecule is COC(CN)CC(=O)NC1CCN(c2ccccc2)C1=O. The largest absolute Gasteiger partial charge is 0.380 e. The van der Waals surface area contributed by atoms with Crippen molar-refractivity contribution in [3.63, 3.8) is 0 Å². The van der Waals surface area contributed by atoms with E-state index in [4.69, 9.17) is 10.5 Å². The molecule has 2 unspecified atom stereocenters. The summed E-state index contributed by atoms with van der Waals surface area (Å²) < 4.78 is 5.07. The van der Waals surface area contributed by atoms with E-state index >= 15 is 0 Å². The number of para-hydroxylation sites is 1. The average Bonchev–Trinajstić information content (AvgIpc) is 2.87. The molecule has 6 heteroatoms. The van der Waals surface area contributed by atoms with Crippen LogP contribution in [0.3, 0.4) is 0 Å². The summed E-state index contributed by atoms with van der Waals surface area (Å²) in [7, 11) is 1.52. The fourth-order valence-corrected chi connectivity index (χ4v) is 2.40. The molecule has 2 rings (SSSR count). The van der Waals surface area contributed by atoms with Crippen LogP contribution < -0.4 is 16.0 Å². The molecule has 1 heterocycles. The highest BCUT2D eigenvalue weighted by Gasteiger charge is 2.33. The van der Waals surface area contributed by atoms with Gasteiger partial charge in [0.25, 0.3) is 0 Å². The Bertz CT molecular complexity index is 488. The van der Waals surface area contributed by atoms with Crippen molar-refractivity contribution in [2.45, 2.75) is 25.0 Å². The molecule has 1 aliphatic heterocycles. The second-order valence-electron chi connectivity index (χ2n) is 5.03. The molecule has 1 saturated heterocycles. The van der Waals surface area contributed by atoms with Crippen molar-refractivity contribution in [2.75, 3.05) is 25.1 Å². The van der Waals surface area contributed by atoms with Crippen LogP contribution in [0.4, 0.5) is 5.69 Å². The summed E-state index contributed by atoms with van der Waals surface area (Å²) in [6, 6.07) is 8.99. The average molecular weight is 291 g/mol. The first-order chi connectivity index (χ1) is 10.2. The minimum absolute atomic E-state index is 0.0729. The molecule has 0 radical (unpaired) electrons. The number of hydrogen-bond donors (Lipinski definition) is 2. The molecule has 0 aliphatic carbocycles. The summed E-state index contributed by atoms with van der Waals surface area (Å²) in [4.78, 5) is 25.9. The van der Waals surface area contributed by atoms with Crippen LogP contribution in [0.25, 0.3) is 0 Å². The molecule has 1 aromatic rings. The summed E-state index contributed by atoms with van der Waals surface area (Å²) >= 11 is 0. The molecule has 1 aliphatic rings. The highest BCUT2D eigenvalue weighted by atomic mass is 16.5. The number of nitrogens with zero attached hydrogens (tertiary/aromatic N) is 1. The van der Waals surface area contributed by atoms with Crippen LogP contribution in [0.15, 0.2) is 30.3 Å². The minimum atomic E-state index is -0.465. The lowest BCUT2D eigenvalue weighted by Crippen LogP contribution is -2.43. The van der Waals surface area contributed by atoms with Gasteiger partial charge in [-0.15, -0.1) is 0 Å². The Morgan fingerprint density at radius 2 is 2.19 bits per heavy atom. The lowest BCUT2D eigenvalue weighted by Gasteiger charge is -2.18. The highest BCUT2D eigenvalue weighted by molar-refractivity contribution is 6.01. The number of methoxy groups -OCH3 is 1. The number of nitrogens with one attached hydrogen (secondary N) is 1. The topological polar surface area (TPSA) is 84.7 Å². The van der Waals surface area contributed by atoms with Crippen molar-refractivity contribution < 1.29 is 14.3 Å². The molecule has 3 N–H and O–H groups in total. The van der Waals surface area contributed by atoms with Gasteiger partial charge in [-0.3, -0.25) is 9.59 Å².